The number of benzene rings is 2. The highest BCUT2D eigenvalue weighted by molar-refractivity contribution is 7.91. The van der Waals surface area contributed by atoms with Crippen LogP contribution in [0, 0.1) is 11.7 Å². The summed E-state index contributed by atoms with van der Waals surface area (Å²) in [5, 5.41) is -0.340. The smallest absolute Gasteiger partial charge is 0.230 e. The van der Waals surface area contributed by atoms with Crippen molar-refractivity contribution in [2.45, 2.75) is 56.1 Å². The minimum absolute atomic E-state index is 0.00276. The van der Waals surface area contributed by atoms with E-state index in [1.807, 2.05) is 17.0 Å². The quantitative estimate of drug-likeness (QED) is 0.528. The Bertz CT molecular complexity index is 1270. The third-order valence-corrected chi connectivity index (χ3v) is 9.40. The number of nitrogens with zero attached hydrogens (tertiary/aromatic N) is 2. The van der Waals surface area contributed by atoms with Crippen LogP contribution in [0.25, 0.3) is 0 Å². The summed E-state index contributed by atoms with van der Waals surface area (Å²) in [4.78, 5) is 30.2. The highest BCUT2D eigenvalue weighted by Crippen LogP contribution is 2.47. The Balaban J connectivity index is 1.31. The number of amides is 1. The van der Waals surface area contributed by atoms with Crippen LogP contribution in [-0.2, 0) is 25.8 Å². The minimum Gasteiger partial charge on any atom is -0.370 e. The number of piperidine rings is 1. The second kappa shape index (κ2) is 9.96. The van der Waals surface area contributed by atoms with Gasteiger partial charge in [0.15, 0.2) is 9.84 Å². The van der Waals surface area contributed by atoms with E-state index in [9.17, 15) is 22.4 Å². The Morgan fingerprint density at radius 2 is 1.83 bits per heavy atom. The fraction of sp³-hybridized carbons (Fsp3) is 0.500. The largest absolute Gasteiger partial charge is 0.370 e. The van der Waals surface area contributed by atoms with Crippen LogP contribution in [0.2, 0.25) is 0 Å². The van der Waals surface area contributed by atoms with E-state index >= 15 is 0 Å². The first-order valence-electron chi connectivity index (χ1n) is 12.8. The topological polar surface area (TPSA) is 74.8 Å². The van der Waals surface area contributed by atoms with Gasteiger partial charge in [-0.3, -0.25) is 9.59 Å². The predicted octanol–water partition coefficient (Wildman–Crippen LogP) is 4.27. The Labute approximate surface area is 212 Å². The van der Waals surface area contributed by atoms with Gasteiger partial charge in [-0.25, -0.2) is 12.8 Å². The molecule has 0 radical (unpaired) electrons. The molecule has 192 valence electrons. The lowest BCUT2D eigenvalue weighted by molar-refractivity contribution is -0.128. The second-order valence-corrected chi connectivity index (χ2v) is 12.9. The lowest BCUT2D eigenvalue weighted by atomic mass is 9.89. The summed E-state index contributed by atoms with van der Waals surface area (Å²) in [5.74, 6) is -0.524. The van der Waals surface area contributed by atoms with E-state index in [2.05, 4.69) is 11.0 Å². The molecule has 2 atom stereocenters. The molecule has 0 spiro atoms. The standard InChI is InChI=1S/C28H33FN2O4S/c1-36(34,35)24-12-14-30(18-24)22-10-11-27(25(17-22)19-8-9-19)31-13-4-6-21(28(31)33)16-23(32)15-20-5-2-3-7-26(20)29/h2-3,5,7,10-11,17,19,21,24H,4,6,8-9,12-16,18H2,1H3/t21-,24?/m0/s1. The Kier molecular flexibility index (Phi) is 6.90. The predicted molar refractivity (Wildman–Crippen MR) is 139 cm³/mol. The van der Waals surface area contributed by atoms with Crippen LogP contribution in [0.15, 0.2) is 42.5 Å². The molecular weight excluding hydrogens is 479 g/mol. The van der Waals surface area contributed by atoms with Crippen LogP contribution in [0.1, 0.15) is 55.6 Å². The number of sulfone groups is 1. The van der Waals surface area contributed by atoms with Gasteiger partial charge in [0.2, 0.25) is 5.91 Å². The fourth-order valence-electron chi connectivity index (χ4n) is 5.60. The number of carbonyl (C=O) groups is 2. The zero-order chi connectivity index (χ0) is 25.4. The number of ketones is 1. The van der Waals surface area contributed by atoms with Gasteiger partial charge in [0.05, 0.1) is 5.25 Å². The molecule has 1 aliphatic carbocycles. The van der Waals surface area contributed by atoms with Crippen LogP contribution in [0.5, 0.6) is 0 Å². The molecule has 1 unspecified atom stereocenters. The maximum absolute atomic E-state index is 14.0. The highest BCUT2D eigenvalue weighted by Gasteiger charge is 2.36. The van der Waals surface area contributed by atoms with Crippen molar-refractivity contribution in [3.8, 4) is 0 Å². The van der Waals surface area contributed by atoms with Gasteiger partial charge in [-0.15, -0.1) is 0 Å². The van der Waals surface area contributed by atoms with Crippen LogP contribution in [-0.4, -0.2) is 51.2 Å². The normalized spacial score (nSPS) is 22.8. The first kappa shape index (κ1) is 24.9. The summed E-state index contributed by atoms with van der Waals surface area (Å²) in [6, 6.07) is 12.4. The average molecular weight is 513 g/mol. The molecule has 6 nitrogen and oxygen atoms in total. The van der Waals surface area contributed by atoms with Crippen LogP contribution >= 0.6 is 0 Å². The lowest BCUT2D eigenvalue weighted by Gasteiger charge is -2.34. The van der Waals surface area contributed by atoms with Crippen molar-refractivity contribution in [3.63, 3.8) is 0 Å². The molecule has 36 heavy (non-hydrogen) atoms. The number of hydrogen-bond donors (Lipinski definition) is 0. The van der Waals surface area contributed by atoms with Crippen molar-refractivity contribution in [2.24, 2.45) is 5.92 Å². The molecule has 5 rings (SSSR count). The molecule has 0 aromatic heterocycles. The summed E-state index contributed by atoms with van der Waals surface area (Å²) < 4.78 is 38.0. The van der Waals surface area contributed by atoms with Gasteiger partial charge in [0.1, 0.15) is 11.6 Å². The van der Waals surface area contributed by atoms with Crippen LogP contribution < -0.4 is 9.80 Å². The lowest BCUT2D eigenvalue weighted by Crippen LogP contribution is -2.42. The molecule has 2 saturated heterocycles. The molecule has 1 amide bonds. The third-order valence-electron chi connectivity index (χ3n) is 7.80. The van der Waals surface area contributed by atoms with E-state index in [0.717, 1.165) is 36.2 Å². The molecule has 3 aliphatic rings. The first-order valence-corrected chi connectivity index (χ1v) is 14.8. The number of Topliss-reactive ketones (excluding diaryl/α,β-unsaturated/α-hetero) is 1. The van der Waals surface area contributed by atoms with Crippen LogP contribution in [0.4, 0.5) is 15.8 Å². The van der Waals surface area contributed by atoms with Gasteiger partial charge in [0, 0.05) is 56.0 Å². The van der Waals surface area contributed by atoms with E-state index in [4.69, 9.17) is 0 Å². The van der Waals surface area contributed by atoms with Crippen molar-refractivity contribution in [2.75, 3.05) is 35.7 Å². The van der Waals surface area contributed by atoms with Crippen molar-refractivity contribution < 1.29 is 22.4 Å². The molecule has 2 aromatic rings. The van der Waals surface area contributed by atoms with Gasteiger partial charge in [-0.2, -0.15) is 0 Å². The number of hydrogen-bond acceptors (Lipinski definition) is 5. The van der Waals surface area contributed by atoms with Crippen molar-refractivity contribution in [1.82, 2.24) is 0 Å². The first-order chi connectivity index (χ1) is 17.2. The summed E-state index contributed by atoms with van der Waals surface area (Å²) in [7, 11) is -3.07. The fourth-order valence-corrected chi connectivity index (χ4v) is 6.58. The number of halogens is 1. The number of anilines is 2. The molecule has 2 heterocycles. The number of carbonyl (C=O) groups excluding carboxylic acids is 2. The second-order valence-electron chi connectivity index (χ2n) is 10.5. The summed E-state index contributed by atoms with van der Waals surface area (Å²) in [5.41, 5.74) is 3.43. The van der Waals surface area contributed by atoms with Crippen molar-refractivity contribution in [1.29, 1.82) is 0 Å². The minimum atomic E-state index is -3.07. The highest BCUT2D eigenvalue weighted by atomic mass is 32.2. The average Bonchev–Trinajstić information content (AvgIpc) is 3.56. The third kappa shape index (κ3) is 5.33. The molecule has 1 saturated carbocycles. The molecule has 2 aliphatic heterocycles. The summed E-state index contributed by atoms with van der Waals surface area (Å²) in [6.07, 6.45) is 5.70. The van der Waals surface area contributed by atoms with Gasteiger partial charge in [-0.05, 0) is 73.4 Å². The Hall–Kier alpha value is -2.74. The zero-order valence-corrected chi connectivity index (χ0v) is 21.5. The molecule has 2 aromatic carbocycles. The molecule has 0 N–H and O–H groups in total. The van der Waals surface area contributed by atoms with Crippen LogP contribution in [0.3, 0.4) is 0 Å². The zero-order valence-electron chi connectivity index (χ0n) is 20.7. The summed E-state index contributed by atoms with van der Waals surface area (Å²) in [6.45, 7) is 1.82. The maximum atomic E-state index is 14.0. The van der Waals surface area contributed by atoms with Crippen molar-refractivity contribution in [3.05, 3.63) is 59.4 Å². The maximum Gasteiger partial charge on any atom is 0.230 e. The van der Waals surface area contributed by atoms with Gasteiger partial charge >= 0.3 is 0 Å². The number of rotatable bonds is 8. The van der Waals surface area contributed by atoms with Crippen molar-refractivity contribution >= 4 is 32.9 Å². The van der Waals surface area contributed by atoms with Gasteiger partial charge in [-0.1, -0.05) is 18.2 Å². The Morgan fingerprint density at radius 1 is 1.06 bits per heavy atom. The molecule has 8 heteroatoms. The van der Waals surface area contributed by atoms with E-state index in [0.29, 0.717) is 44.0 Å². The monoisotopic (exact) mass is 512 g/mol. The van der Waals surface area contributed by atoms with E-state index < -0.39 is 15.7 Å². The SMILES string of the molecule is CS(=O)(=O)C1CCN(c2ccc(N3CCC[C@@H](CC(=O)Cc4ccccc4F)C3=O)c(C3CC3)c2)C1. The molecule has 3 fully saturated rings. The summed E-state index contributed by atoms with van der Waals surface area (Å²) >= 11 is 0. The van der Waals surface area contributed by atoms with Gasteiger partial charge in [0.25, 0.3) is 0 Å². The van der Waals surface area contributed by atoms with E-state index in [-0.39, 0.29) is 35.7 Å². The Morgan fingerprint density at radius 3 is 2.53 bits per heavy atom. The van der Waals surface area contributed by atoms with Gasteiger partial charge < -0.3 is 9.80 Å². The molecular formula is C28H33FN2O4S. The van der Waals surface area contributed by atoms with E-state index in [1.54, 1.807) is 18.2 Å². The molecule has 0 bridgehead atoms. The van der Waals surface area contributed by atoms with E-state index in [1.165, 1.54) is 12.3 Å².